The molecule has 2 rings (SSSR count). The first-order chi connectivity index (χ1) is 9.32. The van der Waals surface area contributed by atoms with Gasteiger partial charge in [0.2, 0.25) is 5.95 Å². The normalized spacial score (nSPS) is 13.8. The summed E-state index contributed by atoms with van der Waals surface area (Å²) in [5.41, 5.74) is 6.05. The first kappa shape index (κ1) is 15.0. The fourth-order valence-corrected chi connectivity index (χ4v) is 2.84. The van der Waals surface area contributed by atoms with E-state index in [9.17, 15) is 13.2 Å². The molecule has 0 amide bonds. The van der Waals surface area contributed by atoms with E-state index in [-0.39, 0.29) is 11.5 Å². The third-order valence-corrected chi connectivity index (χ3v) is 3.95. The van der Waals surface area contributed by atoms with Crippen LogP contribution in [0.4, 0.5) is 19.1 Å². The molecule has 0 fully saturated rings. The molecule has 1 unspecified atom stereocenters. The first-order valence-corrected chi connectivity index (χ1v) is 7.54. The average molecular weight is 303 g/mol. The molecular formula is C13H16F3N3S. The van der Waals surface area contributed by atoms with Gasteiger partial charge in [-0.25, -0.2) is 4.98 Å². The summed E-state index contributed by atoms with van der Waals surface area (Å²) in [7, 11) is 0. The van der Waals surface area contributed by atoms with Gasteiger partial charge in [-0.15, -0.1) is 0 Å². The largest absolute Gasteiger partial charge is 0.416 e. The van der Waals surface area contributed by atoms with Crippen molar-refractivity contribution in [3.05, 3.63) is 23.8 Å². The quantitative estimate of drug-likeness (QED) is 0.938. The number of anilines is 1. The van der Waals surface area contributed by atoms with Gasteiger partial charge in [-0.2, -0.15) is 24.9 Å². The molecule has 7 heteroatoms. The topological polar surface area (TPSA) is 43.8 Å². The Bertz CT molecular complexity index is 607. The van der Waals surface area contributed by atoms with Crippen molar-refractivity contribution in [3.63, 3.8) is 0 Å². The van der Waals surface area contributed by atoms with Crippen LogP contribution in [0.15, 0.2) is 18.2 Å². The smallest absolute Gasteiger partial charge is 0.369 e. The van der Waals surface area contributed by atoms with Gasteiger partial charge in [0.15, 0.2) is 0 Å². The number of nitrogens with zero attached hydrogens (tertiary/aromatic N) is 2. The van der Waals surface area contributed by atoms with Crippen molar-refractivity contribution in [2.24, 2.45) is 5.92 Å². The van der Waals surface area contributed by atoms with E-state index in [0.29, 0.717) is 18.0 Å². The number of thioether (sulfide) groups is 1. The summed E-state index contributed by atoms with van der Waals surface area (Å²) < 4.78 is 39.8. The minimum atomic E-state index is -4.36. The summed E-state index contributed by atoms with van der Waals surface area (Å²) in [6, 6.07) is 3.55. The lowest BCUT2D eigenvalue weighted by molar-refractivity contribution is -0.137. The fraction of sp³-hybridized carbons (Fsp3) is 0.462. The second-order valence-corrected chi connectivity index (χ2v) is 5.75. The van der Waals surface area contributed by atoms with Crippen LogP contribution in [0.5, 0.6) is 0 Å². The van der Waals surface area contributed by atoms with Crippen LogP contribution >= 0.6 is 11.8 Å². The second-order valence-electron chi connectivity index (χ2n) is 4.84. The van der Waals surface area contributed by atoms with Crippen LogP contribution in [0.2, 0.25) is 0 Å². The van der Waals surface area contributed by atoms with Crippen molar-refractivity contribution < 1.29 is 13.2 Å². The summed E-state index contributed by atoms with van der Waals surface area (Å²) in [4.78, 5) is 4.03. The van der Waals surface area contributed by atoms with E-state index in [1.54, 1.807) is 16.3 Å². The van der Waals surface area contributed by atoms with Crippen LogP contribution in [0.25, 0.3) is 11.0 Å². The van der Waals surface area contributed by atoms with Crippen molar-refractivity contribution >= 4 is 28.7 Å². The molecular weight excluding hydrogens is 287 g/mol. The molecule has 0 saturated carbocycles. The first-order valence-electron chi connectivity index (χ1n) is 6.15. The number of benzene rings is 1. The van der Waals surface area contributed by atoms with E-state index < -0.39 is 11.7 Å². The maximum absolute atomic E-state index is 12.7. The maximum atomic E-state index is 12.7. The molecule has 1 atom stereocenters. The summed E-state index contributed by atoms with van der Waals surface area (Å²) in [6.07, 6.45) is -2.35. The highest BCUT2D eigenvalue weighted by Gasteiger charge is 2.31. The van der Waals surface area contributed by atoms with Crippen molar-refractivity contribution in [2.75, 3.05) is 17.7 Å². The summed E-state index contributed by atoms with van der Waals surface area (Å²) in [5, 5.41) is 0. The standard InChI is InChI=1S/C13H16F3N3S/c1-8(7-20-2)6-19-11-4-3-9(13(14,15)16)5-10(11)18-12(19)17/h3-5,8H,6-7H2,1-2H3,(H2,17,18). The predicted octanol–water partition coefficient (Wildman–Crippen LogP) is 3.64. The number of alkyl halides is 3. The zero-order valence-corrected chi connectivity index (χ0v) is 12.1. The van der Waals surface area contributed by atoms with Gasteiger partial charge in [0.05, 0.1) is 16.6 Å². The van der Waals surface area contributed by atoms with Gasteiger partial charge in [-0.05, 0) is 36.1 Å². The Labute approximate surface area is 119 Å². The summed E-state index contributed by atoms with van der Waals surface area (Å²) in [6.45, 7) is 2.72. The van der Waals surface area contributed by atoms with Crippen LogP contribution in [-0.2, 0) is 12.7 Å². The molecule has 0 spiro atoms. The van der Waals surface area contributed by atoms with Gasteiger partial charge in [-0.1, -0.05) is 6.92 Å². The van der Waals surface area contributed by atoms with Crippen molar-refractivity contribution in [1.29, 1.82) is 0 Å². The Morgan fingerprint density at radius 1 is 1.40 bits per heavy atom. The van der Waals surface area contributed by atoms with E-state index in [2.05, 4.69) is 11.9 Å². The Balaban J connectivity index is 2.40. The molecule has 110 valence electrons. The average Bonchev–Trinajstić information content (AvgIpc) is 2.64. The van der Waals surface area contributed by atoms with Crippen LogP contribution in [0.1, 0.15) is 12.5 Å². The molecule has 0 aliphatic rings. The van der Waals surface area contributed by atoms with Gasteiger partial charge in [0.25, 0.3) is 0 Å². The number of aromatic nitrogens is 2. The van der Waals surface area contributed by atoms with E-state index in [0.717, 1.165) is 17.9 Å². The van der Waals surface area contributed by atoms with E-state index in [4.69, 9.17) is 5.73 Å². The molecule has 1 heterocycles. The highest BCUT2D eigenvalue weighted by molar-refractivity contribution is 7.98. The zero-order chi connectivity index (χ0) is 14.9. The van der Waals surface area contributed by atoms with Crippen molar-refractivity contribution in [3.8, 4) is 0 Å². The van der Waals surface area contributed by atoms with E-state index in [1.165, 1.54) is 6.07 Å². The van der Waals surface area contributed by atoms with Gasteiger partial charge in [0, 0.05) is 6.54 Å². The third kappa shape index (κ3) is 3.03. The molecule has 0 bridgehead atoms. The van der Waals surface area contributed by atoms with Crippen molar-refractivity contribution in [1.82, 2.24) is 9.55 Å². The monoisotopic (exact) mass is 303 g/mol. The van der Waals surface area contributed by atoms with Crippen molar-refractivity contribution in [2.45, 2.75) is 19.6 Å². The Kier molecular flexibility index (Phi) is 4.17. The molecule has 1 aromatic carbocycles. The lowest BCUT2D eigenvalue weighted by Crippen LogP contribution is -2.12. The van der Waals surface area contributed by atoms with Crippen LogP contribution < -0.4 is 5.73 Å². The SMILES string of the molecule is CSCC(C)Cn1c(N)nc2cc(C(F)(F)F)ccc21. The zero-order valence-electron chi connectivity index (χ0n) is 11.2. The number of hydrogen-bond acceptors (Lipinski definition) is 3. The molecule has 2 N–H and O–H groups in total. The molecule has 0 aliphatic heterocycles. The number of nitrogen functional groups attached to an aromatic ring is 1. The number of fused-ring (bicyclic) bond motifs is 1. The van der Waals surface area contributed by atoms with Gasteiger partial charge in [-0.3, -0.25) is 0 Å². The minimum absolute atomic E-state index is 0.257. The van der Waals surface area contributed by atoms with Crippen LogP contribution in [0.3, 0.4) is 0 Å². The number of hydrogen-bond donors (Lipinski definition) is 1. The number of halogens is 3. The minimum Gasteiger partial charge on any atom is -0.369 e. The van der Waals surface area contributed by atoms with E-state index >= 15 is 0 Å². The molecule has 3 nitrogen and oxygen atoms in total. The highest BCUT2D eigenvalue weighted by atomic mass is 32.2. The number of rotatable bonds is 4. The summed E-state index contributed by atoms with van der Waals surface area (Å²) >= 11 is 1.73. The second kappa shape index (κ2) is 5.55. The van der Waals surface area contributed by atoms with Crippen LogP contribution in [0, 0.1) is 5.92 Å². The summed E-state index contributed by atoms with van der Waals surface area (Å²) in [5.74, 6) is 1.58. The Morgan fingerprint density at radius 3 is 2.70 bits per heavy atom. The lowest BCUT2D eigenvalue weighted by Gasteiger charge is -2.13. The van der Waals surface area contributed by atoms with Gasteiger partial charge < -0.3 is 10.3 Å². The molecule has 1 aromatic heterocycles. The molecule has 0 aliphatic carbocycles. The number of imidazole rings is 1. The van der Waals surface area contributed by atoms with Gasteiger partial charge in [0.1, 0.15) is 0 Å². The number of nitrogens with two attached hydrogens (primary N) is 1. The molecule has 0 radical (unpaired) electrons. The molecule has 20 heavy (non-hydrogen) atoms. The van der Waals surface area contributed by atoms with E-state index in [1.807, 2.05) is 6.26 Å². The lowest BCUT2D eigenvalue weighted by atomic mass is 10.2. The highest BCUT2D eigenvalue weighted by Crippen LogP contribution is 2.32. The molecule has 2 aromatic rings. The Hall–Kier alpha value is -1.37. The fourth-order valence-electron chi connectivity index (χ4n) is 2.17. The third-order valence-electron chi connectivity index (χ3n) is 3.05. The molecule has 0 saturated heterocycles. The van der Waals surface area contributed by atoms with Crippen LogP contribution in [-0.4, -0.2) is 21.6 Å². The predicted molar refractivity (Wildman–Crippen MR) is 76.7 cm³/mol. The Morgan fingerprint density at radius 2 is 2.10 bits per heavy atom. The maximum Gasteiger partial charge on any atom is 0.416 e. The van der Waals surface area contributed by atoms with Gasteiger partial charge >= 0.3 is 6.18 Å².